The maximum atomic E-state index is 13.0. The number of carboxylic acids is 1. The summed E-state index contributed by atoms with van der Waals surface area (Å²) in [7, 11) is 0. The molecule has 1 aromatic carbocycles. The van der Waals surface area contributed by atoms with Crippen molar-refractivity contribution in [2.24, 2.45) is 11.3 Å². The van der Waals surface area contributed by atoms with E-state index in [-0.39, 0.29) is 11.8 Å². The largest absolute Gasteiger partial charge is 0.481 e. The Morgan fingerprint density at radius 2 is 2.22 bits per heavy atom. The van der Waals surface area contributed by atoms with Crippen molar-refractivity contribution in [2.75, 3.05) is 13.1 Å². The highest BCUT2D eigenvalue weighted by Crippen LogP contribution is 2.49. The summed E-state index contributed by atoms with van der Waals surface area (Å²) in [5, 5.41) is 10.5. The molecule has 1 saturated carbocycles. The van der Waals surface area contributed by atoms with Gasteiger partial charge in [0.1, 0.15) is 0 Å². The van der Waals surface area contributed by atoms with Gasteiger partial charge in [-0.2, -0.15) is 0 Å². The number of hydrogen-bond acceptors (Lipinski definition) is 2. The number of nitrogens with one attached hydrogen (secondary N) is 1. The molecule has 1 aliphatic heterocycles. The first-order chi connectivity index (χ1) is 11.0. The Morgan fingerprint density at radius 3 is 2.96 bits per heavy atom. The van der Waals surface area contributed by atoms with E-state index in [0.29, 0.717) is 25.1 Å². The summed E-state index contributed by atoms with van der Waals surface area (Å²) in [4.78, 5) is 29.6. The van der Waals surface area contributed by atoms with Crippen LogP contribution in [0.2, 0.25) is 0 Å². The molecule has 2 atom stereocenters. The van der Waals surface area contributed by atoms with Gasteiger partial charge in [-0.1, -0.05) is 28.4 Å². The molecule has 2 fully saturated rings. The van der Waals surface area contributed by atoms with E-state index in [1.165, 1.54) is 0 Å². The highest BCUT2D eigenvalue weighted by atomic mass is 79.9. The van der Waals surface area contributed by atoms with Crippen molar-refractivity contribution in [3.8, 4) is 0 Å². The van der Waals surface area contributed by atoms with Crippen molar-refractivity contribution in [1.82, 2.24) is 9.88 Å². The minimum absolute atomic E-state index is 0.0811. The van der Waals surface area contributed by atoms with E-state index in [0.717, 1.165) is 28.2 Å². The maximum Gasteiger partial charge on any atom is 0.311 e. The van der Waals surface area contributed by atoms with E-state index in [1.54, 1.807) is 11.1 Å². The minimum atomic E-state index is -0.754. The first kappa shape index (κ1) is 14.8. The fourth-order valence-electron chi connectivity index (χ4n) is 4.27. The lowest BCUT2D eigenvalue weighted by molar-refractivity contribution is -0.149. The van der Waals surface area contributed by atoms with Gasteiger partial charge in [0.05, 0.1) is 11.0 Å². The van der Waals surface area contributed by atoms with Gasteiger partial charge in [-0.05, 0) is 30.9 Å². The molecule has 6 heteroatoms. The van der Waals surface area contributed by atoms with Crippen LogP contribution in [0.1, 0.15) is 29.6 Å². The number of fused-ring (bicyclic) bond motifs is 2. The third-order valence-corrected chi connectivity index (χ3v) is 6.13. The molecule has 0 bridgehead atoms. The van der Waals surface area contributed by atoms with E-state index < -0.39 is 11.4 Å². The number of rotatable bonds is 2. The number of nitrogens with zero attached hydrogens (tertiary/aromatic N) is 1. The lowest BCUT2D eigenvalue weighted by Crippen LogP contribution is -2.37. The molecule has 2 heterocycles. The Labute approximate surface area is 141 Å². The van der Waals surface area contributed by atoms with Crippen LogP contribution in [0.5, 0.6) is 0 Å². The molecule has 23 heavy (non-hydrogen) atoms. The van der Waals surface area contributed by atoms with E-state index in [1.807, 2.05) is 18.2 Å². The van der Waals surface area contributed by atoms with Crippen LogP contribution in [-0.4, -0.2) is 40.0 Å². The number of aromatic amines is 1. The number of carbonyl (C=O) groups excluding carboxylic acids is 1. The third-order valence-electron chi connectivity index (χ3n) is 5.47. The Bertz CT molecular complexity index is 815. The molecule has 0 spiro atoms. The van der Waals surface area contributed by atoms with Crippen LogP contribution in [0.4, 0.5) is 0 Å². The number of hydrogen-bond donors (Lipinski definition) is 2. The van der Waals surface area contributed by atoms with Gasteiger partial charge in [0.2, 0.25) is 0 Å². The van der Waals surface area contributed by atoms with E-state index >= 15 is 0 Å². The molecule has 1 amide bonds. The van der Waals surface area contributed by atoms with Crippen LogP contribution in [-0.2, 0) is 4.79 Å². The number of benzene rings is 1. The highest BCUT2D eigenvalue weighted by Gasteiger charge is 2.55. The molecule has 1 aromatic heterocycles. The summed E-state index contributed by atoms with van der Waals surface area (Å²) in [6.45, 7) is 0.866. The van der Waals surface area contributed by atoms with Gasteiger partial charge in [-0.3, -0.25) is 9.59 Å². The Hall–Kier alpha value is -1.82. The van der Waals surface area contributed by atoms with Gasteiger partial charge in [-0.15, -0.1) is 0 Å². The average molecular weight is 377 g/mol. The Balaban J connectivity index is 1.69. The molecule has 2 N–H and O–H groups in total. The fourth-order valence-corrected chi connectivity index (χ4v) is 4.85. The minimum Gasteiger partial charge on any atom is -0.481 e. The van der Waals surface area contributed by atoms with Gasteiger partial charge >= 0.3 is 5.97 Å². The number of amides is 1. The van der Waals surface area contributed by atoms with Crippen LogP contribution in [0.15, 0.2) is 28.9 Å². The standard InChI is InChI=1S/C17H17BrN2O3/c18-12-4-1-5-13-14(12)11(7-19-13)15(21)20-8-10-3-2-6-17(10,9-20)16(22)23/h1,4-5,7,10,19H,2-3,6,8-9H2,(H,22,23)/t10-,17+/m0/s1. The van der Waals surface area contributed by atoms with E-state index in [9.17, 15) is 14.7 Å². The van der Waals surface area contributed by atoms with Gasteiger partial charge in [0, 0.05) is 34.7 Å². The Morgan fingerprint density at radius 1 is 1.39 bits per heavy atom. The topological polar surface area (TPSA) is 73.4 Å². The van der Waals surface area contributed by atoms with Crippen LogP contribution >= 0.6 is 15.9 Å². The first-order valence-electron chi connectivity index (χ1n) is 7.81. The predicted octanol–water partition coefficient (Wildman–Crippen LogP) is 3.26. The molecular weight excluding hydrogens is 360 g/mol. The van der Waals surface area contributed by atoms with E-state index in [4.69, 9.17) is 0 Å². The summed E-state index contributed by atoms with van der Waals surface area (Å²) in [5.41, 5.74) is 0.766. The molecule has 4 rings (SSSR count). The second-order valence-corrected chi connectivity index (χ2v) is 7.46. The average Bonchev–Trinajstić information content (AvgIpc) is 3.18. The molecule has 1 saturated heterocycles. The van der Waals surface area contributed by atoms with Gasteiger partial charge in [0.15, 0.2) is 0 Å². The lowest BCUT2D eigenvalue weighted by atomic mass is 9.81. The number of aromatic nitrogens is 1. The molecule has 2 aliphatic rings. The molecule has 0 unspecified atom stereocenters. The maximum absolute atomic E-state index is 13.0. The monoisotopic (exact) mass is 376 g/mol. The second-order valence-electron chi connectivity index (χ2n) is 6.60. The summed E-state index contributed by atoms with van der Waals surface area (Å²) in [6.07, 6.45) is 4.24. The summed E-state index contributed by atoms with van der Waals surface area (Å²) in [5.74, 6) is -0.758. The number of likely N-dealkylation sites (tertiary alicyclic amines) is 1. The molecular formula is C17H17BrN2O3. The molecule has 0 radical (unpaired) electrons. The summed E-state index contributed by atoms with van der Waals surface area (Å²) < 4.78 is 0.868. The number of carbonyl (C=O) groups is 2. The summed E-state index contributed by atoms with van der Waals surface area (Å²) >= 11 is 3.50. The normalized spacial score (nSPS) is 26.7. The molecule has 1 aliphatic carbocycles. The quantitative estimate of drug-likeness (QED) is 0.844. The zero-order valence-electron chi connectivity index (χ0n) is 12.5. The van der Waals surface area contributed by atoms with Crippen molar-refractivity contribution >= 4 is 38.7 Å². The zero-order chi connectivity index (χ0) is 16.2. The van der Waals surface area contributed by atoms with E-state index in [2.05, 4.69) is 20.9 Å². The fraction of sp³-hybridized carbons (Fsp3) is 0.412. The van der Waals surface area contributed by atoms with Crippen molar-refractivity contribution in [3.63, 3.8) is 0 Å². The van der Waals surface area contributed by atoms with Crippen LogP contribution in [0.3, 0.4) is 0 Å². The highest BCUT2D eigenvalue weighted by molar-refractivity contribution is 9.10. The molecule has 5 nitrogen and oxygen atoms in total. The second kappa shape index (κ2) is 5.09. The number of carboxylic acid groups (broad SMARTS) is 1. The van der Waals surface area contributed by atoms with Crippen molar-refractivity contribution in [3.05, 3.63) is 34.4 Å². The third kappa shape index (κ3) is 2.04. The number of aliphatic carboxylic acids is 1. The van der Waals surface area contributed by atoms with Gasteiger partial charge in [0.25, 0.3) is 5.91 Å². The lowest BCUT2D eigenvalue weighted by Gasteiger charge is -2.23. The van der Waals surface area contributed by atoms with Crippen LogP contribution in [0.25, 0.3) is 10.9 Å². The van der Waals surface area contributed by atoms with Gasteiger partial charge < -0.3 is 15.0 Å². The first-order valence-corrected chi connectivity index (χ1v) is 8.60. The number of H-pyrrole nitrogens is 1. The van der Waals surface area contributed by atoms with Crippen LogP contribution in [0, 0.1) is 11.3 Å². The summed E-state index contributed by atoms with van der Waals surface area (Å²) in [6, 6.07) is 5.75. The smallest absolute Gasteiger partial charge is 0.311 e. The van der Waals surface area contributed by atoms with Crippen molar-refractivity contribution in [2.45, 2.75) is 19.3 Å². The van der Waals surface area contributed by atoms with Gasteiger partial charge in [-0.25, -0.2) is 0 Å². The SMILES string of the molecule is O=C(c1c[nH]c2cccc(Br)c12)N1C[C@@H]2CCC[C@@]2(C(=O)O)C1. The van der Waals surface area contributed by atoms with Crippen molar-refractivity contribution < 1.29 is 14.7 Å². The molecule has 120 valence electrons. The Kier molecular flexibility index (Phi) is 3.27. The molecule has 2 aromatic rings. The predicted molar refractivity (Wildman–Crippen MR) is 89.3 cm³/mol. The van der Waals surface area contributed by atoms with Crippen LogP contribution < -0.4 is 0 Å². The van der Waals surface area contributed by atoms with Crippen molar-refractivity contribution in [1.29, 1.82) is 0 Å². The number of halogens is 1. The zero-order valence-corrected chi connectivity index (χ0v) is 14.1.